The highest BCUT2D eigenvalue weighted by Gasteiger charge is 2.51. The minimum absolute atomic E-state index is 0.123. The number of ether oxygens (including phenoxy) is 1. The smallest absolute Gasteiger partial charge is 0.307 e. The lowest BCUT2D eigenvalue weighted by atomic mass is 9.91. The molecular weight excluding hydrogens is 483 g/mol. The van der Waals surface area contributed by atoms with Crippen LogP contribution >= 0.6 is 0 Å². The molecule has 1 aliphatic heterocycles. The van der Waals surface area contributed by atoms with E-state index >= 15 is 4.39 Å². The molecule has 1 fully saturated rings. The highest BCUT2D eigenvalue weighted by Crippen LogP contribution is 2.48. The summed E-state index contributed by atoms with van der Waals surface area (Å²) in [5, 5.41) is 0. The Morgan fingerprint density at radius 3 is 1.28 bits per heavy atom. The largest absolute Gasteiger partial charge is 0.387 e. The summed E-state index contributed by atoms with van der Waals surface area (Å²) in [6.07, 6.45) is 9.23. The van der Waals surface area contributed by atoms with Gasteiger partial charge in [0.15, 0.2) is 0 Å². The first-order valence-corrected chi connectivity index (χ1v) is 15.5. The first-order chi connectivity index (χ1) is 18.6. The second kappa shape index (κ2) is 12.5. The molecule has 3 nitrogen and oxygen atoms in total. The van der Waals surface area contributed by atoms with Crippen LogP contribution in [0, 0.1) is 0 Å². The maximum absolute atomic E-state index is 18.4. The maximum Gasteiger partial charge on any atom is 0.387 e. The number of halogens is 1. The standard InChI is InChI=1S/C35H51FN2O/c1-24(2)29-18-14-19-30(25(3)4)33(29)37-22-23-38(34-31(26(5)6)20-15-21-32(34)27(7)8)35(37,36)39-28-16-12-10-9-11-13-17-28/h14-15,18-28H,9-13,16-17H2,1-8H3. The molecular formula is C35H51FN2O. The lowest BCUT2D eigenvalue weighted by Crippen LogP contribution is -2.55. The van der Waals surface area contributed by atoms with Gasteiger partial charge in [0.05, 0.1) is 17.5 Å². The lowest BCUT2D eigenvalue weighted by Gasteiger charge is -2.43. The van der Waals surface area contributed by atoms with Gasteiger partial charge in [0.25, 0.3) is 0 Å². The first-order valence-electron chi connectivity index (χ1n) is 15.5. The molecule has 0 saturated heterocycles. The van der Waals surface area contributed by atoms with Crippen molar-refractivity contribution in [3.63, 3.8) is 0 Å². The summed E-state index contributed by atoms with van der Waals surface area (Å²) < 4.78 is 25.1. The topological polar surface area (TPSA) is 15.7 Å². The van der Waals surface area contributed by atoms with Crippen LogP contribution < -0.4 is 9.80 Å². The van der Waals surface area contributed by atoms with E-state index < -0.39 is 6.10 Å². The molecule has 0 N–H and O–H groups in total. The quantitative estimate of drug-likeness (QED) is 0.313. The van der Waals surface area contributed by atoms with Gasteiger partial charge < -0.3 is 4.74 Å². The van der Waals surface area contributed by atoms with Gasteiger partial charge in [-0.15, -0.1) is 0 Å². The lowest BCUT2D eigenvalue weighted by molar-refractivity contribution is -0.171. The van der Waals surface area contributed by atoms with E-state index in [4.69, 9.17) is 4.74 Å². The van der Waals surface area contributed by atoms with Crippen LogP contribution in [-0.4, -0.2) is 12.2 Å². The van der Waals surface area contributed by atoms with E-state index in [0.29, 0.717) is 0 Å². The van der Waals surface area contributed by atoms with Crippen molar-refractivity contribution < 1.29 is 9.13 Å². The van der Waals surface area contributed by atoms with Crippen LogP contribution in [0.5, 0.6) is 0 Å². The van der Waals surface area contributed by atoms with Crippen LogP contribution in [0.3, 0.4) is 0 Å². The van der Waals surface area contributed by atoms with Gasteiger partial charge >= 0.3 is 6.10 Å². The molecule has 2 aliphatic rings. The van der Waals surface area contributed by atoms with Crippen LogP contribution in [-0.2, 0) is 4.74 Å². The second-order valence-corrected chi connectivity index (χ2v) is 12.8. The van der Waals surface area contributed by atoms with E-state index in [0.717, 1.165) is 59.3 Å². The van der Waals surface area contributed by atoms with Crippen molar-refractivity contribution in [3.05, 3.63) is 71.1 Å². The van der Waals surface area contributed by atoms with Gasteiger partial charge in [0.2, 0.25) is 0 Å². The number of rotatable bonds is 8. The Morgan fingerprint density at radius 1 is 0.615 bits per heavy atom. The normalized spacial score (nSPS) is 18.6. The third-order valence-electron chi connectivity index (χ3n) is 8.49. The molecule has 214 valence electrons. The van der Waals surface area contributed by atoms with Gasteiger partial charge in [0, 0.05) is 12.4 Å². The summed E-state index contributed by atoms with van der Waals surface area (Å²) in [6, 6.07) is 12.8. The van der Waals surface area contributed by atoms with E-state index in [1.165, 1.54) is 19.3 Å². The molecule has 0 unspecified atom stereocenters. The zero-order chi connectivity index (χ0) is 28.3. The SMILES string of the molecule is CC(C)c1cccc(C(C)C)c1N1C=CN(c2c(C(C)C)cccc2C(C)C)C1(F)OC1CCCCCCC1. The molecule has 1 heterocycles. The van der Waals surface area contributed by atoms with Crippen molar-refractivity contribution >= 4 is 11.4 Å². The fourth-order valence-electron chi connectivity index (χ4n) is 6.30. The Balaban J connectivity index is 1.92. The summed E-state index contributed by atoms with van der Waals surface area (Å²) in [5.74, 6) is 1.00. The summed E-state index contributed by atoms with van der Waals surface area (Å²) >= 11 is 0. The minimum atomic E-state index is -2.16. The Morgan fingerprint density at radius 2 is 0.949 bits per heavy atom. The fraction of sp³-hybridized carbons (Fsp3) is 0.600. The number of alkyl halides is 1. The van der Waals surface area contributed by atoms with E-state index in [1.807, 2.05) is 22.2 Å². The molecule has 2 aromatic rings. The molecule has 0 radical (unpaired) electrons. The highest BCUT2D eigenvalue weighted by atomic mass is 19.2. The van der Waals surface area contributed by atoms with Crippen molar-refractivity contribution in [3.8, 4) is 0 Å². The molecule has 1 aliphatic carbocycles. The summed E-state index contributed by atoms with van der Waals surface area (Å²) in [5.41, 5.74) is 6.49. The van der Waals surface area contributed by atoms with Crippen LogP contribution in [0.15, 0.2) is 48.8 Å². The summed E-state index contributed by atoms with van der Waals surface area (Å²) in [7, 11) is 0. The van der Waals surface area contributed by atoms with E-state index in [1.54, 1.807) is 0 Å². The molecule has 2 aromatic carbocycles. The van der Waals surface area contributed by atoms with Crippen LogP contribution in [0.4, 0.5) is 15.8 Å². The van der Waals surface area contributed by atoms with Gasteiger partial charge in [0.1, 0.15) is 0 Å². The van der Waals surface area contributed by atoms with E-state index in [2.05, 4.69) is 91.8 Å². The van der Waals surface area contributed by atoms with Crippen molar-refractivity contribution in [2.75, 3.05) is 9.80 Å². The molecule has 0 atom stereocenters. The molecule has 39 heavy (non-hydrogen) atoms. The Labute approximate surface area is 237 Å². The summed E-state index contributed by atoms with van der Waals surface area (Å²) in [4.78, 5) is 3.63. The number of nitrogens with zero attached hydrogens (tertiary/aromatic N) is 2. The molecule has 1 saturated carbocycles. The third-order valence-corrected chi connectivity index (χ3v) is 8.49. The number of hydrogen-bond donors (Lipinski definition) is 0. The Bertz CT molecular complexity index is 1000. The zero-order valence-corrected chi connectivity index (χ0v) is 25.6. The number of benzene rings is 2. The third kappa shape index (κ3) is 6.06. The first kappa shape index (κ1) is 29.6. The molecule has 4 rings (SSSR count). The molecule has 0 aromatic heterocycles. The predicted octanol–water partition coefficient (Wildman–Crippen LogP) is 10.7. The summed E-state index contributed by atoms with van der Waals surface area (Å²) in [6.45, 7) is 17.6. The molecule has 4 heteroatoms. The molecule has 0 bridgehead atoms. The molecule has 0 amide bonds. The number of para-hydroxylation sites is 2. The van der Waals surface area contributed by atoms with E-state index in [-0.39, 0.29) is 29.8 Å². The fourth-order valence-corrected chi connectivity index (χ4v) is 6.30. The monoisotopic (exact) mass is 534 g/mol. The van der Waals surface area contributed by atoms with Gasteiger partial charge in [-0.2, -0.15) is 4.39 Å². The second-order valence-electron chi connectivity index (χ2n) is 12.8. The van der Waals surface area contributed by atoms with Gasteiger partial charge in [-0.05, 0) is 58.8 Å². The van der Waals surface area contributed by atoms with Gasteiger partial charge in [-0.1, -0.05) is 124 Å². The average Bonchev–Trinajstić information content (AvgIpc) is 3.20. The Kier molecular flexibility index (Phi) is 9.47. The Hall–Kier alpha value is -2.33. The van der Waals surface area contributed by atoms with E-state index in [9.17, 15) is 0 Å². The van der Waals surface area contributed by atoms with Crippen LogP contribution in [0.1, 0.15) is 146 Å². The molecule has 0 spiro atoms. The van der Waals surface area contributed by atoms with Crippen LogP contribution in [0.25, 0.3) is 0 Å². The van der Waals surface area contributed by atoms with Crippen molar-refractivity contribution in [1.29, 1.82) is 0 Å². The zero-order valence-electron chi connectivity index (χ0n) is 25.6. The van der Waals surface area contributed by atoms with Gasteiger partial charge in [-0.3, -0.25) is 9.80 Å². The van der Waals surface area contributed by atoms with Crippen molar-refractivity contribution in [2.24, 2.45) is 0 Å². The number of anilines is 2. The van der Waals surface area contributed by atoms with Gasteiger partial charge in [-0.25, -0.2) is 0 Å². The minimum Gasteiger partial charge on any atom is -0.307 e. The maximum atomic E-state index is 18.4. The van der Waals surface area contributed by atoms with Crippen molar-refractivity contribution in [1.82, 2.24) is 0 Å². The predicted molar refractivity (Wildman–Crippen MR) is 164 cm³/mol. The highest BCUT2D eigenvalue weighted by molar-refractivity contribution is 5.72. The van der Waals surface area contributed by atoms with Crippen molar-refractivity contribution in [2.45, 2.75) is 136 Å². The van der Waals surface area contributed by atoms with Crippen LogP contribution in [0.2, 0.25) is 0 Å². The number of hydrogen-bond acceptors (Lipinski definition) is 3. The average molecular weight is 535 g/mol.